The van der Waals surface area contributed by atoms with E-state index in [2.05, 4.69) is 5.73 Å². The van der Waals surface area contributed by atoms with Crippen LogP contribution in [0.4, 0.5) is 0 Å². The van der Waals surface area contributed by atoms with Crippen molar-refractivity contribution in [1.82, 2.24) is 0 Å². The second kappa shape index (κ2) is 9.73. The molecule has 4 nitrogen and oxygen atoms in total. The SMILES string of the molecule is COCOC1=C=C[C]2OCOC2=C1.[Ce].[Cl-].[Cl-]. The largest absolute Gasteiger partial charge is 1.00 e. The van der Waals surface area contributed by atoms with Crippen molar-refractivity contribution < 1.29 is 85.5 Å². The van der Waals surface area contributed by atoms with Gasteiger partial charge in [-0.15, -0.1) is 0 Å². The van der Waals surface area contributed by atoms with Crippen LogP contribution in [0, 0.1) is 47.9 Å². The molecule has 1 radical (unpaired) electrons. The fraction of sp³-hybridized carbons (Fsp3) is 0.333. The number of methoxy groups -OCH3 is 1. The van der Waals surface area contributed by atoms with E-state index in [0.717, 1.165) is 0 Å². The van der Waals surface area contributed by atoms with Crippen LogP contribution in [0.1, 0.15) is 0 Å². The second-order valence-corrected chi connectivity index (χ2v) is 2.48. The van der Waals surface area contributed by atoms with Crippen molar-refractivity contribution in [2.75, 3.05) is 20.7 Å². The molecular weight excluding hydrogens is 383 g/mol. The predicted octanol–water partition coefficient (Wildman–Crippen LogP) is -4.91. The molecule has 0 spiro atoms. The van der Waals surface area contributed by atoms with Crippen molar-refractivity contribution in [3.05, 3.63) is 35.5 Å². The summed E-state index contributed by atoms with van der Waals surface area (Å²) in [6.45, 7) is 0.465. The van der Waals surface area contributed by atoms with Gasteiger partial charge in [0.2, 0.25) is 0 Å². The molecule has 0 unspecified atom stereocenters. The van der Waals surface area contributed by atoms with E-state index in [1.165, 1.54) is 0 Å². The van der Waals surface area contributed by atoms with Gasteiger partial charge in [0, 0.05) is 61.0 Å². The van der Waals surface area contributed by atoms with E-state index in [1.807, 2.05) is 0 Å². The normalized spacial score (nSPS) is 16.6. The summed E-state index contributed by atoms with van der Waals surface area (Å²) in [6.07, 6.45) is 4.11. The molecule has 1 aliphatic carbocycles. The summed E-state index contributed by atoms with van der Waals surface area (Å²) in [7, 11) is 1.56. The first kappa shape index (κ1) is 19.1. The molecule has 0 amide bonds. The van der Waals surface area contributed by atoms with Crippen molar-refractivity contribution in [3.63, 3.8) is 0 Å². The third kappa shape index (κ3) is 4.94. The Hall–Kier alpha value is 0.737. The van der Waals surface area contributed by atoms with Gasteiger partial charge >= 0.3 is 0 Å². The van der Waals surface area contributed by atoms with Gasteiger partial charge in [0.25, 0.3) is 0 Å². The number of ether oxygens (including phenoxy) is 4. The minimum Gasteiger partial charge on any atom is -1.00 e. The second-order valence-electron chi connectivity index (χ2n) is 2.48. The molecule has 7 heteroatoms. The Morgan fingerprint density at radius 2 is 2.12 bits per heavy atom. The first-order valence-electron chi connectivity index (χ1n) is 3.83. The van der Waals surface area contributed by atoms with Crippen LogP contribution in [0.2, 0.25) is 0 Å². The van der Waals surface area contributed by atoms with Gasteiger partial charge in [-0.2, -0.15) is 0 Å². The van der Waals surface area contributed by atoms with Crippen molar-refractivity contribution in [2.24, 2.45) is 0 Å². The number of hydrogen-bond donors (Lipinski definition) is 0. The maximum Gasteiger partial charge on any atom is 0.195 e. The van der Waals surface area contributed by atoms with Crippen LogP contribution < -0.4 is 24.8 Å². The summed E-state index contributed by atoms with van der Waals surface area (Å²) in [4.78, 5) is 0. The molecule has 89 valence electrons. The summed E-state index contributed by atoms with van der Waals surface area (Å²) in [5, 5.41) is 0. The summed E-state index contributed by atoms with van der Waals surface area (Å²) in [5.41, 5.74) is 2.90. The van der Waals surface area contributed by atoms with Crippen LogP contribution in [0.5, 0.6) is 0 Å². The van der Waals surface area contributed by atoms with E-state index in [1.54, 1.807) is 19.3 Å². The Morgan fingerprint density at radius 1 is 1.38 bits per heavy atom. The van der Waals surface area contributed by atoms with E-state index in [4.69, 9.17) is 18.9 Å². The number of rotatable bonds is 3. The quantitative estimate of drug-likeness (QED) is 0.357. The molecule has 1 saturated heterocycles. The molecule has 2 rings (SSSR count). The number of fused-ring (bicyclic) bond motifs is 1. The van der Waals surface area contributed by atoms with Crippen molar-refractivity contribution >= 4 is 0 Å². The van der Waals surface area contributed by atoms with Gasteiger partial charge in [-0.25, -0.2) is 0 Å². The topological polar surface area (TPSA) is 36.9 Å². The molecule has 1 fully saturated rings. The average Bonchev–Trinajstić information content (AvgIpc) is 2.61. The Balaban J connectivity index is 0. The van der Waals surface area contributed by atoms with Gasteiger partial charge < -0.3 is 43.8 Å². The molecule has 0 aromatic heterocycles. The molecule has 0 aromatic carbocycles. The molecule has 0 aromatic rings. The first-order valence-corrected chi connectivity index (χ1v) is 3.83. The minimum absolute atomic E-state index is 0. The van der Waals surface area contributed by atoms with E-state index in [0.29, 0.717) is 17.6 Å². The maximum absolute atomic E-state index is 5.17. The first-order chi connectivity index (χ1) is 6.40. The fourth-order valence-electron chi connectivity index (χ4n) is 1.03. The van der Waals surface area contributed by atoms with E-state index in [-0.39, 0.29) is 80.1 Å². The summed E-state index contributed by atoms with van der Waals surface area (Å²) in [5.74, 6) is 1.27. The number of hydrogen-bond acceptors (Lipinski definition) is 4. The summed E-state index contributed by atoms with van der Waals surface area (Å²) in [6, 6.07) is 0. The van der Waals surface area contributed by atoms with Crippen molar-refractivity contribution in [1.29, 1.82) is 0 Å². The Kier molecular flexibility index (Phi) is 11.6. The van der Waals surface area contributed by atoms with E-state index < -0.39 is 0 Å². The van der Waals surface area contributed by atoms with Crippen molar-refractivity contribution in [3.8, 4) is 0 Å². The van der Waals surface area contributed by atoms with Gasteiger partial charge in [0.1, 0.15) is 5.76 Å². The third-order valence-electron chi connectivity index (χ3n) is 1.61. The summed E-state index contributed by atoms with van der Waals surface area (Å²) >= 11 is 0. The van der Waals surface area contributed by atoms with E-state index >= 15 is 0 Å². The van der Waals surface area contributed by atoms with Crippen LogP contribution in [-0.2, 0) is 18.9 Å². The van der Waals surface area contributed by atoms with Crippen LogP contribution in [0.15, 0.2) is 29.4 Å². The van der Waals surface area contributed by atoms with Crippen LogP contribution in [-0.4, -0.2) is 20.7 Å². The van der Waals surface area contributed by atoms with Gasteiger partial charge in [0.15, 0.2) is 25.4 Å². The molecule has 16 heavy (non-hydrogen) atoms. The monoisotopic (exact) mass is 391 g/mol. The molecule has 0 bridgehead atoms. The molecular formula is C9H9CeCl2O4-2. The van der Waals surface area contributed by atoms with Crippen LogP contribution in [0.3, 0.4) is 0 Å². The summed E-state index contributed by atoms with van der Waals surface area (Å²) < 4.78 is 20.2. The molecule has 0 atom stereocenters. The van der Waals surface area contributed by atoms with Crippen LogP contribution >= 0.6 is 0 Å². The van der Waals surface area contributed by atoms with E-state index in [9.17, 15) is 0 Å². The third-order valence-corrected chi connectivity index (χ3v) is 1.61. The van der Waals surface area contributed by atoms with Gasteiger partial charge in [-0.3, -0.25) is 0 Å². The standard InChI is InChI=1S/C9H9O4.Ce.2ClH/c1-10-5-11-7-2-3-8-9(4-7)13-6-12-8;;;/h3-4H,5-6H2,1H3;;2*1H/p-2. The zero-order chi connectivity index (χ0) is 9.10. The average molecular weight is 392 g/mol. The molecule has 0 N–H and O–H groups in total. The zero-order valence-electron chi connectivity index (χ0n) is 8.46. The maximum atomic E-state index is 5.17. The van der Waals surface area contributed by atoms with Gasteiger partial charge in [-0.05, 0) is 0 Å². The molecule has 0 saturated carbocycles. The Morgan fingerprint density at radius 3 is 2.81 bits per heavy atom. The predicted molar refractivity (Wildman–Crippen MR) is 42.9 cm³/mol. The zero-order valence-corrected chi connectivity index (χ0v) is 13.1. The number of halogens is 2. The molecule has 2 aliphatic rings. The Bertz CT molecular complexity index is 300. The molecule has 1 aliphatic heterocycles. The Labute approximate surface area is 140 Å². The fourth-order valence-corrected chi connectivity index (χ4v) is 1.03. The minimum atomic E-state index is 0. The van der Waals surface area contributed by atoms with Crippen LogP contribution in [0.25, 0.3) is 0 Å². The smallest absolute Gasteiger partial charge is 0.195 e. The molecule has 1 heterocycles. The van der Waals surface area contributed by atoms with Crippen molar-refractivity contribution in [2.45, 2.75) is 0 Å². The van der Waals surface area contributed by atoms with Gasteiger partial charge in [0.05, 0.1) is 0 Å². The van der Waals surface area contributed by atoms with Gasteiger partial charge in [-0.1, -0.05) is 5.73 Å².